The molecule has 0 bridgehead atoms. The van der Waals surface area contributed by atoms with Gasteiger partial charge in [-0.15, -0.1) is 0 Å². The van der Waals surface area contributed by atoms with Crippen LogP contribution in [0.15, 0.2) is 48.7 Å². The van der Waals surface area contributed by atoms with Crippen LogP contribution in [-0.4, -0.2) is 38.2 Å². The van der Waals surface area contributed by atoms with Crippen LogP contribution in [0.25, 0.3) is 11.4 Å². The summed E-state index contributed by atoms with van der Waals surface area (Å²) in [5.41, 5.74) is 4.06. The minimum absolute atomic E-state index is 0.00637. The number of aromatic amines is 1. The van der Waals surface area contributed by atoms with Gasteiger partial charge in [0.25, 0.3) is 5.79 Å². The maximum Gasteiger partial charge on any atom is 0.451 e. The van der Waals surface area contributed by atoms with Gasteiger partial charge in [0, 0.05) is 36.4 Å². The van der Waals surface area contributed by atoms with Gasteiger partial charge in [-0.1, -0.05) is 23.7 Å². The summed E-state index contributed by atoms with van der Waals surface area (Å²) in [5.74, 6) is -0.672. The molecule has 1 saturated carbocycles. The van der Waals surface area contributed by atoms with Gasteiger partial charge in [-0.3, -0.25) is 15.0 Å². The Bertz CT molecular complexity index is 1700. The number of ether oxygens (including phenoxy) is 2. The number of para-hydroxylation sites is 1. The van der Waals surface area contributed by atoms with Crippen molar-refractivity contribution in [3.05, 3.63) is 87.7 Å². The number of alkyl halides is 3. The first-order valence-corrected chi connectivity index (χ1v) is 15.1. The van der Waals surface area contributed by atoms with Crippen molar-refractivity contribution >= 4 is 11.6 Å². The second-order valence-corrected chi connectivity index (χ2v) is 12.4. The number of aromatic nitrogens is 4. The number of hydrogen-bond acceptors (Lipinski definition) is 6. The molecule has 2 aromatic carbocycles. The summed E-state index contributed by atoms with van der Waals surface area (Å²) < 4.78 is 65.9. The molecule has 44 heavy (non-hydrogen) atoms. The van der Waals surface area contributed by atoms with Crippen LogP contribution >= 0.6 is 11.6 Å². The van der Waals surface area contributed by atoms with Crippen LogP contribution in [0.4, 0.5) is 17.6 Å². The smallest absolute Gasteiger partial charge is 0.445 e. The van der Waals surface area contributed by atoms with Gasteiger partial charge in [-0.2, -0.15) is 18.3 Å². The van der Waals surface area contributed by atoms with Crippen LogP contribution in [0.3, 0.4) is 0 Å². The van der Waals surface area contributed by atoms with E-state index in [4.69, 9.17) is 26.1 Å². The lowest BCUT2D eigenvalue weighted by Gasteiger charge is -2.33. The van der Waals surface area contributed by atoms with Crippen LogP contribution in [0, 0.1) is 11.7 Å². The van der Waals surface area contributed by atoms with E-state index in [1.807, 2.05) is 23.3 Å². The quantitative estimate of drug-likeness (QED) is 0.212. The Hall–Kier alpha value is -3.70. The fourth-order valence-corrected chi connectivity index (χ4v) is 6.23. The summed E-state index contributed by atoms with van der Waals surface area (Å²) in [6.45, 7) is 4.12. The third kappa shape index (κ3) is 5.75. The van der Waals surface area contributed by atoms with E-state index in [9.17, 15) is 17.6 Å². The van der Waals surface area contributed by atoms with Crippen molar-refractivity contribution < 1.29 is 27.0 Å². The number of rotatable bonds is 7. The molecule has 3 aliphatic rings. The molecular weight excluding hydrogens is 598 g/mol. The highest BCUT2D eigenvalue weighted by molar-refractivity contribution is 6.30. The SMILES string of the molecule is CC1(c2ccc(Cl)c(F)c2)Oc2cccc(C3CCN(Cc4ncc(-c5n[nH]c(C(F)(F)F)n5)cc4CC4CC4)CC3)c2O1. The number of hydrogen-bond donors (Lipinski definition) is 1. The monoisotopic (exact) mass is 627 g/mol. The number of halogens is 5. The second-order valence-electron chi connectivity index (χ2n) is 12.0. The number of nitrogens with zero attached hydrogens (tertiary/aromatic N) is 4. The molecule has 4 heterocycles. The summed E-state index contributed by atoms with van der Waals surface area (Å²) in [7, 11) is 0. The molecule has 1 atom stereocenters. The Balaban J connectivity index is 1.04. The lowest BCUT2D eigenvalue weighted by atomic mass is 9.88. The maximum atomic E-state index is 14.2. The standard InChI is InChI=1S/C32H30ClF4N5O2/c1-31(22-7-8-24(33)25(34)15-22)43-27-4-2-3-23(28(27)44-31)19-9-11-42(12-10-19)17-26-20(13-18-5-6-18)14-21(16-38-26)29-39-30(41-40-29)32(35,36)37/h2-4,7-8,14-16,18-19H,5-6,9-13,17H2,1H3,(H,39,40,41). The zero-order chi connectivity index (χ0) is 30.6. The summed E-state index contributed by atoms with van der Waals surface area (Å²) in [6.07, 6.45) is 1.92. The van der Waals surface area contributed by atoms with Crippen molar-refractivity contribution in [3.63, 3.8) is 0 Å². The fraction of sp³-hybridized carbons (Fsp3) is 0.406. The van der Waals surface area contributed by atoms with E-state index in [0.717, 1.165) is 62.0 Å². The number of piperidine rings is 1. The average molecular weight is 628 g/mol. The molecule has 0 spiro atoms. The number of fused-ring (bicyclic) bond motifs is 1. The van der Waals surface area contributed by atoms with Gasteiger partial charge in [0.2, 0.25) is 5.82 Å². The van der Waals surface area contributed by atoms with E-state index < -0.39 is 23.6 Å². The normalized spacial score (nSPS) is 20.8. The molecule has 1 aliphatic carbocycles. The summed E-state index contributed by atoms with van der Waals surface area (Å²) >= 11 is 5.89. The highest BCUT2D eigenvalue weighted by atomic mass is 35.5. The first kappa shape index (κ1) is 29.0. The molecule has 1 saturated heterocycles. The van der Waals surface area contributed by atoms with Gasteiger partial charge < -0.3 is 9.47 Å². The van der Waals surface area contributed by atoms with E-state index >= 15 is 0 Å². The third-order valence-corrected chi connectivity index (χ3v) is 9.04. The van der Waals surface area contributed by atoms with Gasteiger partial charge >= 0.3 is 6.18 Å². The Labute approximate surface area is 256 Å². The predicted molar refractivity (Wildman–Crippen MR) is 155 cm³/mol. The number of likely N-dealkylation sites (tertiary alicyclic amines) is 1. The highest BCUT2D eigenvalue weighted by Gasteiger charge is 2.41. The highest BCUT2D eigenvalue weighted by Crippen LogP contribution is 2.49. The molecule has 1 unspecified atom stereocenters. The third-order valence-electron chi connectivity index (χ3n) is 8.73. The molecule has 230 valence electrons. The van der Waals surface area contributed by atoms with Crippen molar-refractivity contribution in [2.24, 2.45) is 5.92 Å². The van der Waals surface area contributed by atoms with Gasteiger partial charge in [0.05, 0.1) is 10.7 Å². The molecule has 0 radical (unpaired) electrons. The van der Waals surface area contributed by atoms with E-state index in [1.165, 1.54) is 12.1 Å². The van der Waals surface area contributed by atoms with Gasteiger partial charge in [-0.05, 0) is 92.9 Å². The molecule has 1 N–H and O–H groups in total. The van der Waals surface area contributed by atoms with Crippen LogP contribution in [0.1, 0.15) is 66.7 Å². The largest absolute Gasteiger partial charge is 0.451 e. The number of H-pyrrole nitrogens is 1. The zero-order valence-electron chi connectivity index (χ0n) is 23.9. The maximum absolute atomic E-state index is 14.2. The Kier molecular flexibility index (Phi) is 7.28. The van der Waals surface area contributed by atoms with Gasteiger partial charge in [-0.25, -0.2) is 9.37 Å². The molecule has 2 fully saturated rings. The first-order chi connectivity index (χ1) is 21.1. The number of pyridine rings is 1. The molecule has 4 aromatic rings. The van der Waals surface area contributed by atoms with Gasteiger partial charge in [0.15, 0.2) is 17.3 Å². The second kappa shape index (κ2) is 11.0. The van der Waals surface area contributed by atoms with Crippen LogP contribution in [0.5, 0.6) is 11.5 Å². The first-order valence-electron chi connectivity index (χ1n) is 14.7. The molecule has 7 nitrogen and oxygen atoms in total. The van der Waals surface area contributed by atoms with E-state index in [-0.39, 0.29) is 16.8 Å². The van der Waals surface area contributed by atoms with E-state index in [0.29, 0.717) is 35.1 Å². The Morgan fingerprint density at radius 1 is 1.07 bits per heavy atom. The molecule has 12 heteroatoms. The Morgan fingerprint density at radius 3 is 2.57 bits per heavy atom. The summed E-state index contributed by atoms with van der Waals surface area (Å²) in [4.78, 5) is 10.7. The minimum atomic E-state index is -4.59. The van der Waals surface area contributed by atoms with Crippen molar-refractivity contribution in [1.82, 2.24) is 25.1 Å². The lowest BCUT2D eigenvalue weighted by Crippen LogP contribution is -2.33. The van der Waals surface area contributed by atoms with Crippen molar-refractivity contribution in [3.8, 4) is 22.9 Å². The van der Waals surface area contributed by atoms with E-state index in [2.05, 4.69) is 21.0 Å². The van der Waals surface area contributed by atoms with E-state index in [1.54, 1.807) is 19.2 Å². The minimum Gasteiger partial charge on any atom is -0.445 e. The van der Waals surface area contributed by atoms with Gasteiger partial charge in [0.1, 0.15) is 5.82 Å². The molecular formula is C32H30ClF4N5O2. The summed E-state index contributed by atoms with van der Waals surface area (Å²) in [5, 5.41) is 5.81. The predicted octanol–water partition coefficient (Wildman–Crippen LogP) is 7.65. The molecule has 2 aromatic heterocycles. The van der Waals surface area contributed by atoms with Crippen molar-refractivity contribution in [2.45, 2.75) is 63.5 Å². The average Bonchev–Trinajstić information content (AvgIpc) is 3.51. The Morgan fingerprint density at radius 2 is 1.86 bits per heavy atom. The lowest BCUT2D eigenvalue weighted by molar-refractivity contribution is -0.144. The molecule has 7 rings (SSSR count). The fourth-order valence-electron chi connectivity index (χ4n) is 6.11. The zero-order valence-corrected chi connectivity index (χ0v) is 24.7. The van der Waals surface area contributed by atoms with Crippen molar-refractivity contribution in [2.75, 3.05) is 13.1 Å². The molecule has 0 amide bonds. The summed E-state index contributed by atoms with van der Waals surface area (Å²) in [6, 6.07) is 12.3. The van der Waals surface area contributed by atoms with Crippen LogP contribution in [-0.2, 0) is 24.9 Å². The number of nitrogens with one attached hydrogen (secondary N) is 1. The van der Waals surface area contributed by atoms with Crippen LogP contribution < -0.4 is 9.47 Å². The topological polar surface area (TPSA) is 76.2 Å². The number of benzene rings is 2. The van der Waals surface area contributed by atoms with Crippen molar-refractivity contribution in [1.29, 1.82) is 0 Å². The molecule has 2 aliphatic heterocycles. The van der Waals surface area contributed by atoms with Crippen LogP contribution in [0.2, 0.25) is 5.02 Å².